The van der Waals surface area contributed by atoms with Crippen LogP contribution in [0.4, 0.5) is 0 Å². The maximum Gasteiger partial charge on any atom is 0.308 e. The van der Waals surface area contributed by atoms with Gasteiger partial charge < -0.3 is 29.5 Å². The number of carboxylic acid groups (broad SMARTS) is 2. The highest BCUT2D eigenvalue weighted by Gasteiger charge is 2.64. The second kappa shape index (κ2) is 16.6. The first-order chi connectivity index (χ1) is 24.2. The third kappa shape index (κ3) is 8.49. The second-order valence-electron chi connectivity index (χ2n) is 12.4. The summed E-state index contributed by atoms with van der Waals surface area (Å²) in [5.74, 6) is -7.04. The highest BCUT2D eigenvalue weighted by molar-refractivity contribution is 5.99. The Bertz CT molecular complexity index is 1610. The van der Waals surface area contributed by atoms with Crippen molar-refractivity contribution in [2.75, 3.05) is 13.1 Å². The van der Waals surface area contributed by atoms with Crippen molar-refractivity contribution in [2.24, 2.45) is 23.7 Å². The largest absolute Gasteiger partial charge is 0.481 e. The van der Waals surface area contributed by atoms with Gasteiger partial charge in [-0.25, -0.2) is 0 Å². The van der Waals surface area contributed by atoms with Gasteiger partial charge in [0.05, 0.1) is 23.7 Å². The van der Waals surface area contributed by atoms with Crippen molar-refractivity contribution in [3.05, 3.63) is 120 Å². The van der Waals surface area contributed by atoms with Crippen LogP contribution in [0, 0.1) is 23.7 Å². The van der Waals surface area contributed by atoms with Gasteiger partial charge in [0.25, 0.3) is 0 Å². The predicted octanol–water partition coefficient (Wildman–Crippen LogP) is 7.10. The number of para-hydroxylation sites is 2. The quantitative estimate of drug-likeness (QED) is 0.128. The molecule has 4 aromatic carbocycles. The summed E-state index contributed by atoms with van der Waals surface area (Å²) in [6.45, 7) is 4.66. The summed E-state index contributed by atoms with van der Waals surface area (Å²) in [6, 6.07) is 33.0. The number of aliphatic carboxylic acids is 2. The molecule has 2 N–H and O–H groups in total. The molecule has 4 aromatic rings. The maximum absolute atomic E-state index is 14.0. The van der Waals surface area contributed by atoms with Crippen molar-refractivity contribution in [2.45, 2.75) is 39.8 Å². The molecular formula is C40H42N2O8. The van der Waals surface area contributed by atoms with Gasteiger partial charge in [0.1, 0.15) is 23.0 Å². The number of carbonyl (C=O) groups excluding carboxylic acids is 2. The van der Waals surface area contributed by atoms with E-state index in [0.29, 0.717) is 48.9 Å². The smallest absolute Gasteiger partial charge is 0.308 e. The van der Waals surface area contributed by atoms with Crippen LogP contribution in [0.3, 0.4) is 0 Å². The van der Waals surface area contributed by atoms with Crippen LogP contribution in [0.5, 0.6) is 23.0 Å². The Kier molecular flexibility index (Phi) is 11.9. The summed E-state index contributed by atoms with van der Waals surface area (Å²) < 4.78 is 11.7. The molecule has 0 aliphatic heterocycles. The first-order valence-corrected chi connectivity index (χ1v) is 16.9. The number of nitrogens with zero attached hydrogens (tertiary/aromatic N) is 2. The molecular weight excluding hydrogens is 636 g/mol. The van der Waals surface area contributed by atoms with Gasteiger partial charge in [-0.3, -0.25) is 19.2 Å². The van der Waals surface area contributed by atoms with E-state index in [0.717, 1.165) is 11.1 Å². The van der Waals surface area contributed by atoms with Crippen LogP contribution >= 0.6 is 0 Å². The van der Waals surface area contributed by atoms with Crippen LogP contribution in [0.2, 0.25) is 0 Å². The lowest BCUT2D eigenvalue weighted by atomic mass is 9.55. The molecule has 260 valence electrons. The third-order valence-electron chi connectivity index (χ3n) is 8.85. The summed E-state index contributed by atoms with van der Waals surface area (Å²) in [6.07, 6.45) is 1.15. The fraction of sp³-hybridized carbons (Fsp3) is 0.300. The molecule has 1 aliphatic rings. The molecule has 1 fully saturated rings. The van der Waals surface area contributed by atoms with Crippen molar-refractivity contribution in [1.82, 2.24) is 9.80 Å². The molecule has 5 rings (SSSR count). The van der Waals surface area contributed by atoms with E-state index >= 15 is 0 Å². The Morgan fingerprint density at radius 2 is 0.820 bits per heavy atom. The zero-order chi connectivity index (χ0) is 35.6. The minimum Gasteiger partial charge on any atom is -0.481 e. The Morgan fingerprint density at radius 1 is 0.500 bits per heavy atom. The van der Waals surface area contributed by atoms with Gasteiger partial charge in [-0.15, -0.1) is 0 Å². The number of carboxylic acids is 2. The zero-order valence-corrected chi connectivity index (χ0v) is 28.2. The number of benzene rings is 4. The lowest BCUT2D eigenvalue weighted by molar-refractivity contribution is -0.187. The lowest BCUT2D eigenvalue weighted by Gasteiger charge is -2.48. The molecule has 0 saturated heterocycles. The summed E-state index contributed by atoms with van der Waals surface area (Å²) in [5, 5.41) is 20.6. The number of amides is 2. The van der Waals surface area contributed by atoms with Gasteiger partial charge >= 0.3 is 11.9 Å². The molecule has 0 bridgehead atoms. The fourth-order valence-electron chi connectivity index (χ4n) is 6.49. The van der Waals surface area contributed by atoms with E-state index in [1.165, 1.54) is 9.80 Å². The van der Waals surface area contributed by atoms with Gasteiger partial charge in [0.15, 0.2) is 0 Å². The molecule has 0 heterocycles. The van der Waals surface area contributed by atoms with Crippen LogP contribution in [0.1, 0.15) is 37.8 Å². The van der Waals surface area contributed by atoms with Gasteiger partial charge in [0.2, 0.25) is 11.8 Å². The maximum atomic E-state index is 14.0. The summed E-state index contributed by atoms with van der Waals surface area (Å²) in [4.78, 5) is 56.4. The van der Waals surface area contributed by atoms with Gasteiger partial charge in [-0.2, -0.15) is 0 Å². The molecule has 10 heteroatoms. The topological polar surface area (TPSA) is 134 Å². The number of hydrogen-bond donors (Lipinski definition) is 2. The van der Waals surface area contributed by atoms with Crippen LogP contribution in [0.25, 0.3) is 0 Å². The summed E-state index contributed by atoms with van der Waals surface area (Å²) in [7, 11) is 0. The molecule has 50 heavy (non-hydrogen) atoms. The Morgan fingerprint density at radius 3 is 1.12 bits per heavy atom. The number of hydrogen-bond acceptors (Lipinski definition) is 6. The summed E-state index contributed by atoms with van der Waals surface area (Å²) in [5.41, 5.74) is 1.54. The normalized spacial score (nSPS) is 18.0. The molecule has 1 aliphatic carbocycles. The van der Waals surface area contributed by atoms with Gasteiger partial charge in [-0.1, -0.05) is 74.5 Å². The molecule has 0 unspecified atom stereocenters. The van der Waals surface area contributed by atoms with Gasteiger partial charge in [0, 0.05) is 26.2 Å². The van der Waals surface area contributed by atoms with Crippen molar-refractivity contribution < 1.29 is 38.9 Å². The minimum absolute atomic E-state index is 0.151. The van der Waals surface area contributed by atoms with E-state index in [9.17, 15) is 29.4 Å². The second-order valence-corrected chi connectivity index (χ2v) is 12.4. The number of ether oxygens (including phenoxy) is 2. The molecule has 2 amide bonds. The molecule has 0 spiro atoms. The first kappa shape index (κ1) is 35.7. The van der Waals surface area contributed by atoms with E-state index in [2.05, 4.69) is 0 Å². The number of carbonyl (C=O) groups is 4. The average Bonchev–Trinajstić information content (AvgIpc) is 3.09. The van der Waals surface area contributed by atoms with E-state index in [-0.39, 0.29) is 13.1 Å². The molecule has 0 aromatic heterocycles. The van der Waals surface area contributed by atoms with Crippen LogP contribution in [-0.4, -0.2) is 56.9 Å². The Hall–Kier alpha value is -5.64. The van der Waals surface area contributed by atoms with Crippen molar-refractivity contribution in [1.29, 1.82) is 0 Å². The summed E-state index contributed by atoms with van der Waals surface area (Å²) >= 11 is 0. The predicted molar refractivity (Wildman–Crippen MR) is 187 cm³/mol. The average molecular weight is 679 g/mol. The SMILES string of the molecule is CCCN(Cc1ccc(Oc2ccccc2)cc1)C(=O)[C@H]1[C@H](C(=O)O)[C@H](C(=O)N(CCC)Cc2ccc(Oc3ccccc3)cc2)[C@H]1C(=O)O. The first-order valence-electron chi connectivity index (χ1n) is 16.9. The highest BCUT2D eigenvalue weighted by atomic mass is 16.5. The van der Waals surface area contributed by atoms with Crippen LogP contribution in [-0.2, 0) is 32.3 Å². The molecule has 10 nitrogen and oxygen atoms in total. The lowest BCUT2D eigenvalue weighted by Crippen LogP contribution is -2.64. The van der Waals surface area contributed by atoms with Crippen LogP contribution in [0.15, 0.2) is 109 Å². The third-order valence-corrected chi connectivity index (χ3v) is 8.85. The van der Waals surface area contributed by atoms with Crippen molar-refractivity contribution in [3.63, 3.8) is 0 Å². The van der Waals surface area contributed by atoms with Crippen molar-refractivity contribution in [3.8, 4) is 23.0 Å². The highest BCUT2D eigenvalue weighted by Crippen LogP contribution is 2.49. The minimum atomic E-state index is -1.47. The fourth-order valence-corrected chi connectivity index (χ4v) is 6.49. The van der Waals surface area contributed by atoms with E-state index in [1.54, 1.807) is 24.3 Å². The number of rotatable bonds is 16. The monoisotopic (exact) mass is 678 g/mol. The van der Waals surface area contributed by atoms with Crippen LogP contribution < -0.4 is 9.47 Å². The van der Waals surface area contributed by atoms with E-state index < -0.39 is 47.4 Å². The molecule has 0 radical (unpaired) electrons. The zero-order valence-electron chi connectivity index (χ0n) is 28.2. The Balaban J connectivity index is 1.31. The Labute approximate surface area is 291 Å². The molecule has 0 atom stereocenters. The van der Waals surface area contributed by atoms with E-state index in [4.69, 9.17) is 9.47 Å². The molecule has 1 saturated carbocycles. The standard InChI is InChI=1S/C40H42N2O8/c1-3-23-41(25-27-15-19-31(20-16-27)49-29-11-7-5-8-12-29)37(43)33-35(39(45)46)34(36(33)40(47)48)38(44)42(24-4-2)26-28-17-21-32(22-18-28)50-30-13-9-6-10-14-30/h5-22,33-36H,3-4,23-26H2,1-2H3,(H,45,46)(H,47,48)/t33-,34-,35-,36-. The van der Waals surface area contributed by atoms with Crippen molar-refractivity contribution >= 4 is 23.8 Å². The van der Waals surface area contributed by atoms with Gasteiger partial charge in [-0.05, 0) is 72.5 Å². The van der Waals surface area contributed by atoms with E-state index in [1.807, 2.05) is 98.8 Å².